The number of nitrogens with two attached hydrogens (primary N) is 1. The van der Waals surface area contributed by atoms with Crippen molar-refractivity contribution in [3.05, 3.63) is 12.2 Å². The molecule has 1 heterocycles. The first-order valence-corrected chi connectivity index (χ1v) is 7.01. The van der Waals surface area contributed by atoms with E-state index in [1.165, 1.54) is 0 Å². The molecule has 0 aliphatic carbocycles. The normalized spacial score (nSPS) is 12.8. The molecular formula is C13H26N6O. The van der Waals surface area contributed by atoms with Gasteiger partial charge in [-0.3, -0.25) is 4.90 Å². The van der Waals surface area contributed by atoms with Crippen LogP contribution in [0.2, 0.25) is 0 Å². The first kappa shape index (κ1) is 16.4. The van der Waals surface area contributed by atoms with Crippen LogP contribution in [0.15, 0.2) is 11.5 Å². The number of aromatic nitrogens is 3. The molecule has 0 aliphatic rings. The standard InChI is InChI=1S/C13H26N6O/c1-10(2)7-18(6-5-12(14)17-20)8-13-15-9-16-19(13)11(3)4/h9-11,20H,5-8H2,1-4H3,(H2,14,17). The van der Waals surface area contributed by atoms with E-state index in [9.17, 15) is 0 Å². The minimum absolute atomic E-state index is 0.254. The molecule has 0 unspecified atom stereocenters. The Hall–Kier alpha value is -1.63. The third kappa shape index (κ3) is 5.16. The summed E-state index contributed by atoms with van der Waals surface area (Å²) in [5.41, 5.74) is 5.54. The molecule has 7 heteroatoms. The summed E-state index contributed by atoms with van der Waals surface area (Å²) in [5, 5.41) is 15.9. The van der Waals surface area contributed by atoms with Crippen LogP contribution in [0.4, 0.5) is 0 Å². The Kier molecular flexibility index (Phi) is 6.44. The van der Waals surface area contributed by atoms with Crippen molar-refractivity contribution in [3.8, 4) is 0 Å². The second-order valence-electron chi connectivity index (χ2n) is 5.68. The maximum absolute atomic E-state index is 8.62. The van der Waals surface area contributed by atoms with Gasteiger partial charge in [0.05, 0.1) is 6.54 Å². The van der Waals surface area contributed by atoms with E-state index in [1.807, 2.05) is 4.68 Å². The van der Waals surface area contributed by atoms with E-state index in [1.54, 1.807) is 6.33 Å². The fourth-order valence-electron chi connectivity index (χ4n) is 2.09. The fraction of sp³-hybridized carbons (Fsp3) is 0.769. The molecule has 0 saturated carbocycles. The van der Waals surface area contributed by atoms with E-state index >= 15 is 0 Å². The lowest BCUT2D eigenvalue weighted by Gasteiger charge is -2.24. The maximum Gasteiger partial charge on any atom is 0.141 e. The van der Waals surface area contributed by atoms with Gasteiger partial charge in [0.15, 0.2) is 0 Å². The summed E-state index contributed by atoms with van der Waals surface area (Å²) in [6, 6.07) is 0.289. The second kappa shape index (κ2) is 7.84. The summed E-state index contributed by atoms with van der Waals surface area (Å²) in [4.78, 5) is 6.59. The Morgan fingerprint density at radius 2 is 2.15 bits per heavy atom. The molecule has 1 aromatic heterocycles. The van der Waals surface area contributed by atoms with Gasteiger partial charge < -0.3 is 10.9 Å². The Morgan fingerprint density at radius 1 is 1.45 bits per heavy atom. The first-order valence-electron chi connectivity index (χ1n) is 7.01. The van der Waals surface area contributed by atoms with E-state index in [4.69, 9.17) is 10.9 Å². The summed E-state index contributed by atoms with van der Waals surface area (Å²) < 4.78 is 1.93. The Labute approximate surface area is 120 Å². The van der Waals surface area contributed by atoms with Gasteiger partial charge in [0.2, 0.25) is 0 Å². The zero-order valence-corrected chi connectivity index (χ0v) is 12.8. The summed E-state index contributed by atoms with van der Waals surface area (Å²) in [6.07, 6.45) is 2.13. The van der Waals surface area contributed by atoms with Crippen LogP contribution in [0.25, 0.3) is 0 Å². The van der Waals surface area contributed by atoms with Gasteiger partial charge in [-0.1, -0.05) is 19.0 Å². The van der Waals surface area contributed by atoms with Gasteiger partial charge in [-0.15, -0.1) is 0 Å². The highest BCUT2D eigenvalue weighted by atomic mass is 16.4. The monoisotopic (exact) mass is 282 g/mol. The van der Waals surface area contributed by atoms with Crippen molar-refractivity contribution in [3.63, 3.8) is 0 Å². The predicted molar refractivity (Wildman–Crippen MR) is 78.5 cm³/mol. The molecule has 0 amide bonds. The molecule has 0 atom stereocenters. The molecule has 0 aromatic carbocycles. The van der Waals surface area contributed by atoms with Crippen molar-refractivity contribution >= 4 is 5.84 Å². The quantitative estimate of drug-likeness (QED) is 0.326. The number of hydrogen-bond acceptors (Lipinski definition) is 5. The van der Waals surface area contributed by atoms with E-state index in [0.717, 1.165) is 25.5 Å². The average molecular weight is 282 g/mol. The van der Waals surface area contributed by atoms with Crippen molar-refractivity contribution in [1.82, 2.24) is 19.7 Å². The molecule has 114 valence electrons. The molecule has 0 spiro atoms. The Morgan fingerprint density at radius 3 is 2.70 bits per heavy atom. The first-order chi connectivity index (χ1) is 9.43. The number of rotatable bonds is 8. The van der Waals surface area contributed by atoms with Gasteiger partial charge in [-0.25, -0.2) is 9.67 Å². The fourth-order valence-corrected chi connectivity index (χ4v) is 2.09. The smallest absolute Gasteiger partial charge is 0.141 e. The summed E-state index contributed by atoms with van der Waals surface area (Å²) in [7, 11) is 0. The van der Waals surface area contributed by atoms with Crippen LogP contribution in [-0.4, -0.2) is 43.8 Å². The van der Waals surface area contributed by atoms with Gasteiger partial charge in [0.25, 0.3) is 0 Å². The zero-order valence-electron chi connectivity index (χ0n) is 12.8. The van der Waals surface area contributed by atoms with Crippen LogP contribution in [0, 0.1) is 5.92 Å². The Bertz CT molecular complexity index is 426. The van der Waals surface area contributed by atoms with Gasteiger partial charge in [-0.2, -0.15) is 5.10 Å². The number of hydrogen-bond donors (Lipinski definition) is 2. The minimum atomic E-state index is 0.254. The highest BCUT2D eigenvalue weighted by molar-refractivity contribution is 5.79. The predicted octanol–water partition coefficient (Wildman–Crippen LogP) is 1.45. The zero-order chi connectivity index (χ0) is 15.1. The van der Waals surface area contributed by atoms with Crippen LogP contribution in [-0.2, 0) is 6.54 Å². The number of oxime groups is 1. The van der Waals surface area contributed by atoms with Crippen molar-refractivity contribution in [2.45, 2.75) is 46.7 Å². The van der Waals surface area contributed by atoms with Crippen LogP contribution >= 0.6 is 0 Å². The second-order valence-corrected chi connectivity index (χ2v) is 5.68. The van der Waals surface area contributed by atoms with Gasteiger partial charge in [0.1, 0.15) is 18.0 Å². The van der Waals surface area contributed by atoms with E-state index in [2.05, 4.69) is 47.8 Å². The molecule has 20 heavy (non-hydrogen) atoms. The SMILES string of the molecule is CC(C)CN(CCC(N)=NO)Cc1ncnn1C(C)C. The van der Waals surface area contributed by atoms with Crippen molar-refractivity contribution < 1.29 is 5.21 Å². The Balaban J connectivity index is 2.70. The van der Waals surface area contributed by atoms with Crippen molar-refractivity contribution in [2.24, 2.45) is 16.8 Å². The average Bonchev–Trinajstić information content (AvgIpc) is 2.83. The largest absolute Gasteiger partial charge is 0.409 e. The van der Waals surface area contributed by atoms with E-state index in [-0.39, 0.29) is 11.9 Å². The summed E-state index contributed by atoms with van der Waals surface area (Å²) >= 11 is 0. The van der Waals surface area contributed by atoms with Crippen LogP contribution in [0.3, 0.4) is 0 Å². The molecule has 0 radical (unpaired) electrons. The number of nitrogens with zero attached hydrogens (tertiary/aromatic N) is 5. The third-order valence-electron chi connectivity index (χ3n) is 2.94. The van der Waals surface area contributed by atoms with Crippen LogP contribution in [0.5, 0.6) is 0 Å². The topological polar surface area (TPSA) is 92.6 Å². The molecule has 7 nitrogen and oxygen atoms in total. The molecule has 1 rings (SSSR count). The van der Waals surface area contributed by atoms with E-state index in [0.29, 0.717) is 12.3 Å². The van der Waals surface area contributed by atoms with Crippen molar-refractivity contribution in [2.75, 3.05) is 13.1 Å². The third-order valence-corrected chi connectivity index (χ3v) is 2.94. The molecule has 0 aliphatic heterocycles. The molecule has 0 saturated heterocycles. The van der Waals surface area contributed by atoms with Gasteiger partial charge in [0, 0.05) is 25.6 Å². The number of amidine groups is 1. The van der Waals surface area contributed by atoms with Gasteiger partial charge >= 0.3 is 0 Å². The lowest BCUT2D eigenvalue weighted by molar-refractivity contribution is 0.229. The highest BCUT2D eigenvalue weighted by Gasteiger charge is 2.14. The van der Waals surface area contributed by atoms with Gasteiger partial charge in [-0.05, 0) is 19.8 Å². The highest BCUT2D eigenvalue weighted by Crippen LogP contribution is 2.10. The molecule has 1 aromatic rings. The minimum Gasteiger partial charge on any atom is -0.409 e. The summed E-state index contributed by atoms with van der Waals surface area (Å²) in [6.45, 7) is 10.9. The lowest BCUT2D eigenvalue weighted by atomic mass is 10.2. The van der Waals surface area contributed by atoms with E-state index < -0.39 is 0 Å². The lowest BCUT2D eigenvalue weighted by Crippen LogP contribution is -2.32. The molecule has 0 fully saturated rings. The van der Waals surface area contributed by atoms with Crippen LogP contribution < -0.4 is 5.73 Å². The van der Waals surface area contributed by atoms with Crippen LogP contribution in [0.1, 0.15) is 46.0 Å². The molecule has 0 bridgehead atoms. The summed E-state index contributed by atoms with van der Waals surface area (Å²) in [5.74, 6) is 1.74. The van der Waals surface area contributed by atoms with Crippen molar-refractivity contribution in [1.29, 1.82) is 0 Å². The maximum atomic E-state index is 8.62. The molecular weight excluding hydrogens is 256 g/mol. The molecule has 3 N–H and O–H groups in total.